The van der Waals surface area contributed by atoms with Crippen molar-refractivity contribution in [3.8, 4) is 0 Å². The Bertz CT molecular complexity index is 773. The first-order valence-electron chi connectivity index (χ1n) is 6.26. The monoisotopic (exact) mass is 338 g/mol. The topological polar surface area (TPSA) is 116 Å². The normalized spacial score (nSPS) is 10.2. The molecule has 2 rings (SSSR count). The van der Waals surface area contributed by atoms with E-state index < -0.39 is 23.4 Å². The molecule has 0 saturated carbocycles. The minimum absolute atomic E-state index is 0.0454. The van der Waals surface area contributed by atoms with Crippen LogP contribution in [-0.2, 0) is 16.6 Å². The van der Waals surface area contributed by atoms with Crippen molar-refractivity contribution in [1.29, 1.82) is 0 Å². The summed E-state index contributed by atoms with van der Waals surface area (Å²) in [6.45, 7) is -0.538. The number of aryl methyl sites for hydroxylation is 1. The molecule has 0 spiro atoms. The van der Waals surface area contributed by atoms with E-state index in [1.54, 1.807) is 7.05 Å². The summed E-state index contributed by atoms with van der Waals surface area (Å²) >= 11 is 5.67. The second-order valence-corrected chi connectivity index (χ2v) is 4.86. The average Bonchev–Trinajstić information content (AvgIpc) is 2.93. The van der Waals surface area contributed by atoms with Gasteiger partial charge >= 0.3 is 5.97 Å². The minimum atomic E-state index is -0.699. The highest BCUT2D eigenvalue weighted by Crippen LogP contribution is 2.27. The van der Waals surface area contributed by atoms with Gasteiger partial charge in [-0.15, -0.1) is 0 Å². The van der Waals surface area contributed by atoms with Crippen LogP contribution in [-0.4, -0.2) is 33.2 Å². The number of esters is 1. The van der Waals surface area contributed by atoms with E-state index in [1.165, 1.54) is 29.2 Å². The molecule has 0 aliphatic rings. The van der Waals surface area contributed by atoms with Crippen LogP contribution in [0.3, 0.4) is 0 Å². The van der Waals surface area contributed by atoms with Crippen LogP contribution in [0.5, 0.6) is 0 Å². The summed E-state index contributed by atoms with van der Waals surface area (Å²) in [7, 11) is 1.64. The Morgan fingerprint density at radius 3 is 2.83 bits per heavy atom. The third-order valence-electron chi connectivity index (χ3n) is 2.70. The standard InChI is InChI=1S/C13H11ClN4O5/c1-17-6-8(5-15-17)13(20)23-7-12(19)16-9-2-3-10(14)11(4-9)18(21)22/h2-6H,7H2,1H3,(H,16,19). The number of halogens is 1. The van der Waals surface area contributed by atoms with E-state index in [9.17, 15) is 19.7 Å². The molecule has 120 valence electrons. The van der Waals surface area contributed by atoms with Crippen molar-refractivity contribution < 1.29 is 19.2 Å². The van der Waals surface area contributed by atoms with E-state index in [0.717, 1.165) is 6.07 Å². The second-order valence-electron chi connectivity index (χ2n) is 4.45. The molecule has 1 aromatic carbocycles. The van der Waals surface area contributed by atoms with Crippen LogP contribution in [0.2, 0.25) is 5.02 Å². The van der Waals surface area contributed by atoms with E-state index in [2.05, 4.69) is 10.4 Å². The zero-order chi connectivity index (χ0) is 17.0. The van der Waals surface area contributed by atoms with Crippen molar-refractivity contribution in [2.45, 2.75) is 0 Å². The summed E-state index contributed by atoms with van der Waals surface area (Å²) in [5.74, 6) is -1.34. The number of ether oxygens (including phenoxy) is 1. The van der Waals surface area contributed by atoms with Crippen LogP contribution in [0.1, 0.15) is 10.4 Å². The van der Waals surface area contributed by atoms with Gasteiger partial charge in [0.25, 0.3) is 11.6 Å². The van der Waals surface area contributed by atoms with Gasteiger partial charge in [0.15, 0.2) is 6.61 Å². The average molecular weight is 339 g/mol. The fourth-order valence-corrected chi connectivity index (χ4v) is 1.86. The molecule has 0 aliphatic heterocycles. The Kier molecular flexibility index (Phi) is 4.91. The summed E-state index contributed by atoms with van der Waals surface area (Å²) in [5.41, 5.74) is 0.0442. The highest BCUT2D eigenvalue weighted by Gasteiger charge is 2.15. The third kappa shape index (κ3) is 4.27. The lowest BCUT2D eigenvalue weighted by Gasteiger charge is -2.06. The van der Waals surface area contributed by atoms with Gasteiger partial charge < -0.3 is 10.1 Å². The second kappa shape index (κ2) is 6.88. The molecule has 10 heteroatoms. The minimum Gasteiger partial charge on any atom is -0.452 e. The van der Waals surface area contributed by atoms with E-state index >= 15 is 0 Å². The molecule has 0 unspecified atom stereocenters. The van der Waals surface area contributed by atoms with Gasteiger partial charge in [-0.05, 0) is 12.1 Å². The lowest BCUT2D eigenvalue weighted by atomic mass is 10.3. The van der Waals surface area contributed by atoms with E-state index in [1.807, 2.05) is 0 Å². The van der Waals surface area contributed by atoms with Crippen LogP contribution >= 0.6 is 11.6 Å². The number of hydrogen-bond acceptors (Lipinski definition) is 6. The van der Waals surface area contributed by atoms with Gasteiger partial charge in [-0.25, -0.2) is 4.79 Å². The van der Waals surface area contributed by atoms with Gasteiger partial charge in [0.2, 0.25) is 0 Å². The number of carbonyl (C=O) groups is 2. The first-order chi connectivity index (χ1) is 10.9. The van der Waals surface area contributed by atoms with Crippen molar-refractivity contribution >= 4 is 34.9 Å². The van der Waals surface area contributed by atoms with Gasteiger partial charge in [-0.3, -0.25) is 19.6 Å². The predicted octanol–water partition coefficient (Wildman–Crippen LogP) is 1.78. The largest absolute Gasteiger partial charge is 0.452 e. The van der Waals surface area contributed by atoms with Crippen molar-refractivity contribution in [2.75, 3.05) is 11.9 Å². The van der Waals surface area contributed by atoms with Crippen LogP contribution < -0.4 is 5.32 Å². The molecule has 23 heavy (non-hydrogen) atoms. The Labute approximate surface area is 134 Å². The summed E-state index contributed by atoms with van der Waals surface area (Å²) < 4.78 is 6.23. The molecule has 1 aromatic heterocycles. The fourth-order valence-electron chi connectivity index (χ4n) is 1.67. The highest BCUT2D eigenvalue weighted by molar-refractivity contribution is 6.32. The Hall–Kier alpha value is -2.94. The van der Waals surface area contributed by atoms with Crippen molar-refractivity contribution in [3.05, 3.63) is 51.3 Å². The third-order valence-corrected chi connectivity index (χ3v) is 3.02. The lowest BCUT2D eigenvalue weighted by Crippen LogP contribution is -2.20. The summed E-state index contributed by atoms with van der Waals surface area (Å²) in [5, 5.41) is 16.9. The van der Waals surface area contributed by atoms with Crippen LogP contribution in [0, 0.1) is 10.1 Å². The number of benzene rings is 1. The maximum absolute atomic E-state index is 11.7. The first kappa shape index (κ1) is 16.4. The van der Waals surface area contributed by atoms with Gasteiger partial charge in [-0.2, -0.15) is 5.10 Å². The zero-order valence-electron chi connectivity index (χ0n) is 11.9. The number of rotatable bonds is 5. The first-order valence-corrected chi connectivity index (χ1v) is 6.64. The molecule has 0 aliphatic carbocycles. The van der Waals surface area contributed by atoms with Gasteiger partial charge in [0, 0.05) is 25.0 Å². The number of nitro benzene ring substituents is 1. The molecule has 0 fully saturated rings. The van der Waals surface area contributed by atoms with Gasteiger partial charge in [0.1, 0.15) is 5.02 Å². The quantitative estimate of drug-likeness (QED) is 0.504. The molecular weight excluding hydrogens is 328 g/mol. The number of aromatic nitrogens is 2. The van der Waals surface area contributed by atoms with Crippen molar-refractivity contribution in [1.82, 2.24) is 9.78 Å². The highest BCUT2D eigenvalue weighted by atomic mass is 35.5. The Morgan fingerprint density at radius 2 is 2.22 bits per heavy atom. The number of nitrogens with one attached hydrogen (secondary N) is 1. The Balaban J connectivity index is 1.93. The molecule has 0 radical (unpaired) electrons. The van der Waals surface area contributed by atoms with Crippen LogP contribution in [0.25, 0.3) is 0 Å². The summed E-state index contributed by atoms with van der Waals surface area (Å²) in [6, 6.07) is 3.80. The molecule has 0 atom stereocenters. The smallest absolute Gasteiger partial charge is 0.341 e. The summed E-state index contributed by atoms with van der Waals surface area (Å²) in [4.78, 5) is 33.4. The number of nitrogens with zero attached hydrogens (tertiary/aromatic N) is 3. The predicted molar refractivity (Wildman–Crippen MR) is 80.2 cm³/mol. The SMILES string of the molecule is Cn1cc(C(=O)OCC(=O)Nc2ccc(Cl)c([N+](=O)[O-])c2)cn1. The number of carbonyl (C=O) groups excluding carboxylic acids is 2. The molecule has 1 N–H and O–H groups in total. The van der Waals surface area contributed by atoms with Crippen molar-refractivity contribution in [3.63, 3.8) is 0 Å². The zero-order valence-corrected chi connectivity index (χ0v) is 12.6. The van der Waals surface area contributed by atoms with Crippen LogP contribution in [0.4, 0.5) is 11.4 Å². The lowest BCUT2D eigenvalue weighted by molar-refractivity contribution is -0.384. The maximum atomic E-state index is 11.7. The maximum Gasteiger partial charge on any atom is 0.341 e. The fraction of sp³-hybridized carbons (Fsp3) is 0.154. The van der Waals surface area contributed by atoms with Gasteiger partial charge in [-0.1, -0.05) is 11.6 Å². The molecular formula is C13H11ClN4O5. The summed E-state index contributed by atoms with van der Waals surface area (Å²) in [6.07, 6.45) is 2.76. The van der Waals surface area contributed by atoms with E-state index in [4.69, 9.17) is 16.3 Å². The number of hydrogen-bond donors (Lipinski definition) is 1. The molecule has 2 aromatic rings. The van der Waals surface area contributed by atoms with Crippen LogP contribution in [0.15, 0.2) is 30.6 Å². The van der Waals surface area contributed by atoms with Crippen molar-refractivity contribution in [2.24, 2.45) is 7.05 Å². The van der Waals surface area contributed by atoms with E-state index in [-0.39, 0.29) is 22.0 Å². The molecule has 0 bridgehead atoms. The number of amides is 1. The molecule has 1 amide bonds. The molecule has 1 heterocycles. The van der Waals surface area contributed by atoms with E-state index in [0.29, 0.717) is 0 Å². The Morgan fingerprint density at radius 1 is 1.48 bits per heavy atom. The van der Waals surface area contributed by atoms with Gasteiger partial charge in [0.05, 0.1) is 16.7 Å². The number of anilines is 1. The number of nitro groups is 1. The molecule has 0 saturated heterocycles. The molecule has 9 nitrogen and oxygen atoms in total.